The summed E-state index contributed by atoms with van der Waals surface area (Å²) in [7, 11) is 0. The van der Waals surface area contributed by atoms with Gasteiger partial charge in [0.15, 0.2) is 17.3 Å². The first-order valence-corrected chi connectivity index (χ1v) is 20.2. The van der Waals surface area contributed by atoms with Crippen LogP contribution in [0.3, 0.4) is 0 Å². The van der Waals surface area contributed by atoms with Crippen molar-refractivity contribution in [1.29, 1.82) is 0 Å². The third kappa shape index (κ3) is 5.03. The second kappa shape index (κ2) is 12.7. The predicted octanol–water partition coefficient (Wildman–Crippen LogP) is 0.890. The van der Waals surface area contributed by atoms with Crippen LogP contribution in [0.1, 0.15) is 65.9 Å². The first kappa shape index (κ1) is 35.7. The lowest BCUT2D eigenvalue weighted by Crippen LogP contribution is -2.95. The molecule has 0 aromatic heterocycles. The Bertz CT molecular complexity index is 3110. The molecule has 5 aromatic carbocycles. The number of para-hydroxylation sites is 2. The molecule has 4 N–H and O–H groups in total. The molecule has 3 aliphatic heterocycles. The van der Waals surface area contributed by atoms with Crippen LogP contribution in [0.25, 0.3) is 38.3 Å². The molecule has 0 amide bonds. The summed E-state index contributed by atoms with van der Waals surface area (Å²) in [4.78, 5) is 37.7. The first-order valence-electron chi connectivity index (χ1n) is 20.2. The fourth-order valence-electron chi connectivity index (χ4n) is 9.64. The Kier molecular flexibility index (Phi) is 7.80. The van der Waals surface area contributed by atoms with E-state index in [1.807, 2.05) is 97.6 Å². The standard InChI is InChI=1S/C48H43N5O5/c1-6-22-47(4)49-31-13-11-12-25-16-19-28(40(50-47)35(25)31)38-45(56)39(46(38)57)29-21-18-26-17-20-27(41-36(26)42(29)52-48(5,51-41)23-7-2)37-43(54)30(44(37)55)24-34-53(8-3)32-14-9-10-15-33(32)58-34/h9-21,24,49,52,54,56H,6-8,22-23H2,1-5H3/b34-24-,37-27-,38-28-. The monoisotopic (exact) mass is 769 g/mol. The van der Waals surface area contributed by atoms with Gasteiger partial charge in [0.25, 0.3) is 0 Å². The molecule has 58 heavy (non-hydrogen) atoms. The molecule has 10 rings (SSSR count). The van der Waals surface area contributed by atoms with Gasteiger partial charge in [-0.05, 0) is 60.9 Å². The van der Waals surface area contributed by atoms with Gasteiger partial charge in [0.05, 0.1) is 38.3 Å². The zero-order valence-electron chi connectivity index (χ0n) is 33.1. The lowest BCUT2D eigenvalue weighted by atomic mass is 9.79. The number of allylic oxidation sites excluding steroid dienone is 5. The maximum absolute atomic E-state index is 14.5. The minimum atomic E-state index is -0.723. The average Bonchev–Trinajstić information content (AvgIpc) is 3.57. The van der Waals surface area contributed by atoms with Crippen LogP contribution >= 0.6 is 0 Å². The minimum absolute atomic E-state index is 0.0622. The number of hydrogen-bond donors (Lipinski definition) is 4. The maximum Gasteiger partial charge on any atom is 0.231 e. The second-order valence-corrected chi connectivity index (χ2v) is 16.3. The number of rotatable bonds is 7. The topological polar surface area (TPSA) is 145 Å². The van der Waals surface area contributed by atoms with E-state index in [0.29, 0.717) is 57.0 Å². The molecule has 10 heteroatoms. The van der Waals surface area contributed by atoms with Crippen LogP contribution in [0.15, 0.2) is 108 Å². The van der Waals surface area contributed by atoms with Crippen molar-refractivity contribution in [1.82, 2.24) is 0 Å². The van der Waals surface area contributed by atoms with Crippen LogP contribution in [0.2, 0.25) is 0 Å². The highest BCUT2D eigenvalue weighted by atomic mass is 16.5. The van der Waals surface area contributed by atoms with E-state index < -0.39 is 11.3 Å². The van der Waals surface area contributed by atoms with E-state index in [0.717, 1.165) is 52.2 Å². The summed E-state index contributed by atoms with van der Waals surface area (Å²) in [5, 5.41) is 41.8. The number of Topliss-reactive ketones (excluding diaryl/α,β-unsaturated/α-hetero) is 2. The van der Waals surface area contributed by atoms with Crippen molar-refractivity contribution in [3.63, 3.8) is 0 Å². The summed E-state index contributed by atoms with van der Waals surface area (Å²) in [5.41, 5.74) is 2.22. The van der Waals surface area contributed by atoms with Crippen molar-refractivity contribution in [2.75, 3.05) is 22.1 Å². The van der Waals surface area contributed by atoms with E-state index in [1.54, 1.807) is 6.08 Å². The molecule has 0 saturated heterocycles. The molecule has 0 saturated carbocycles. The zero-order valence-corrected chi connectivity index (χ0v) is 33.1. The van der Waals surface area contributed by atoms with Crippen LogP contribution in [-0.4, -0.2) is 29.4 Å². The zero-order chi connectivity index (χ0) is 40.2. The fourth-order valence-corrected chi connectivity index (χ4v) is 9.64. The normalized spacial score (nSPS) is 24.2. The van der Waals surface area contributed by atoms with Gasteiger partial charge in [-0.25, -0.2) is 9.98 Å². The molecule has 0 radical (unpaired) electrons. The van der Waals surface area contributed by atoms with E-state index in [9.17, 15) is 19.8 Å². The van der Waals surface area contributed by atoms with Gasteiger partial charge >= 0.3 is 0 Å². The molecular formula is C48H43N5O5. The molecule has 5 aliphatic rings. The molecule has 5 aromatic rings. The average molecular weight is 770 g/mol. The van der Waals surface area contributed by atoms with Gasteiger partial charge in [0.2, 0.25) is 27.9 Å². The van der Waals surface area contributed by atoms with Crippen molar-refractivity contribution in [2.24, 2.45) is 0 Å². The van der Waals surface area contributed by atoms with Crippen LogP contribution < -0.4 is 61.6 Å². The van der Waals surface area contributed by atoms with Crippen molar-refractivity contribution in [2.45, 2.75) is 71.6 Å². The Labute approximate surface area is 334 Å². The number of hydrogen-bond acceptors (Lipinski definition) is 8. The minimum Gasteiger partial charge on any atom is -0.871 e. The maximum atomic E-state index is 14.5. The summed E-state index contributed by atoms with van der Waals surface area (Å²) in [6, 6.07) is 25.0. The summed E-state index contributed by atoms with van der Waals surface area (Å²) in [5.74, 6) is -0.251. The van der Waals surface area contributed by atoms with Gasteiger partial charge in [0, 0.05) is 67.2 Å². The second-order valence-electron chi connectivity index (χ2n) is 16.3. The Hall–Kier alpha value is -6.68. The van der Waals surface area contributed by atoms with E-state index in [2.05, 4.69) is 41.4 Å². The largest absolute Gasteiger partial charge is 0.871 e. The Morgan fingerprint density at radius 1 is 0.707 bits per heavy atom. The molecule has 3 heterocycles. The van der Waals surface area contributed by atoms with Gasteiger partial charge in [-0.3, -0.25) is 9.59 Å². The summed E-state index contributed by atoms with van der Waals surface area (Å²) < 4.78 is 6.07. The van der Waals surface area contributed by atoms with E-state index in [1.165, 1.54) is 0 Å². The highest BCUT2D eigenvalue weighted by Gasteiger charge is 2.40. The molecular weight excluding hydrogens is 727 g/mol. The van der Waals surface area contributed by atoms with Gasteiger partial charge < -0.3 is 30.5 Å². The van der Waals surface area contributed by atoms with Crippen molar-refractivity contribution in [3.8, 4) is 5.75 Å². The Morgan fingerprint density at radius 2 is 1.34 bits per heavy atom. The molecule has 0 fully saturated rings. The van der Waals surface area contributed by atoms with Crippen molar-refractivity contribution >= 4 is 66.9 Å². The molecule has 290 valence electrons. The number of nitrogens with one attached hydrogen (secondary N) is 4. The van der Waals surface area contributed by atoms with Crippen LogP contribution in [0.5, 0.6) is 5.75 Å². The lowest BCUT2D eigenvalue weighted by Gasteiger charge is -2.34. The predicted molar refractivity (Wildman–Crippen MR) is 219 cm³/mol. The van der Waals surface area contributed by atoms with Crippen LogP contribution in [-0.2, 0) is 9.59 Å². The van der Waals surface area contributed by atoms with E-state index in [4.69, 9.17) is 4.74 Å². The number of ketones is 2. The number of carbonyl (C=O) groups excluding carboxylic acids is 2. The summed E-state index contributed by atoms with van der Waals surface area (Å²) in [6.45, 7) is 10.9. The van der Waals surface area contributed by atoms with E-state index >= 15 is 0 Å². The van der Waals surface area contributed by atoms with Crippen molar-refractivity contribution in [3.05, 3.63) is 135 Å². The van der Waals surface area contributed by atoms with Gasteiger partial charge in [-0.1, -0.05) is 73.9 Å². The lowest BCUT2D eigenvalue weighted by molar-refractivity contribution is -0.580. The van der Waals surface area contributed by atoms with Gasteiger partial charge in [-0.2, -0.15) is 0 Å². The van der Waals surface area contributed by atoms with Crippen LogP contribution in [0.4, 0.5) is 17.1 Å². The van der Waals surface area contributed by atoms with Crippen LogP contribution in [0, 0.1) is 0 Å². The first-order chi connectivity index (χ1) is 28.0. The molecule has 2 atom stereocenters. The third-order valence-corrected chi connectivity index (χ3v) is 12.2. The highest BCUT2D eigenvalue weighted by Crippen LogP contribution is 2.42. The number of ether oxygens (including phenoxy) is 1. The molecule has 2 aliphatic carbocycles. The number of nitrogens with zero attached hydrogens (tertiary/aromatic N) is 1. The Balaban J connectivity index is 1.17. The summed E-state index contributed by atoms with van der Waals surface area (Å²) in [6.07, 6.45) is 4.80. The van der Waals surface area contributed by atoms with E-state index in [-0.39, 0.29) is 45.4 Å². The Morgan fingerprint density at radius 3 is 2.02 bits per heavy atom. The number of anilines is 3. The number of fused-ring (bicyclic) bond motifs is 1. The molecule has 0 bridgehead atoms. The number of benzene rings is 5. The smallest absolute Gasteiger partial charge is 0.231 e. The SMILES string of the molecule is CCCC1(C)Nc2cccc3cc/c(=C4/C(=O)C(c5ccc6cc/c(=C7/C(=O)C(/C=C8\Oc9ccccc9N8CC)=C7[O-])c7c6c5NC(C)(CCC)[NH+]=7)=C4[O-])c(c23)=[NH+]1. The molecule has 0 spiro atoms. The van der Waals surface area contributed by atoms with Gasteiger partial charge in [-0.15, -0.1) is 0 Å². The molecule has 2 unspecified atom stereocenters. The fraction of sp³-hybridized carbons (Fsp3) is 0.250. The third-order valence-electron chi connectivity index (χ3n) is 12.2. The number of carbonyl (C=O) groups is 2. The summed E-state index contributed by atoms with van der Waals surface area (Å²) >= 11 is 0. The highest BCUT2D eigenvalue weighted by molar-refractivity contribution is 6.52. The molecule has 10 nitrogen and oxygen atoms in total. The quantitative estimate of drug-likeness (QED) is 0.191. The van der Waals surface area contributed by atoms with Crippen molar-refractivity contribution < 1.29 is 34.5 Å². The van der Waals surface area contributed by atoms with Gasteiger partial charge in [0.1, 0.15) is 0 Å².